The van der Waals surface area contributed by atoms with Crippen LogP contribution in [0.4, 0.5) is 10.6 Å². The number of nitrogens with zero attached hydrogens (tertiary/aromatic N) is 2. The number of hydrogen-bond acceptors (Lipinski definition) is 5. The number of ether oxygens (including phenoxy) is 2. The Balaban J connectivity index is 2.79. The van der Waals surface area contributed by atoms with Gasteiger partial charge in [0.25, 0.3) is 0 Å². The van der Waals surface area contributed by atoms with Crippen LogP contribution >= 0.6 is 0 Å². The van der Waals surface area contributed by atoms with Crippen LogP contribution in [-0.2, 0) is 20.7 Å². The molecule has 0 unspecified atom stereocenters. The third-order valence-corrected chi connectivity index (χ3v) is 2.43. The SMILES string of the molecule is CCOC(=O)Cc1cccc(N(C)C(=O)OC(C)(C)C)n1. The summed E-state index contributed by atoms with van der Waals surface area (Å²) in [6.07, 6.45) is -0.424. The van der Waals surface area contributed by atoms with Crippen LogP contribution in [0, 0.1) is 0 Å². The number of hydrogen-bond donors (Lipinski definition) is 0. The minimum atomic E-state index is -0.576. The number of esters is 1. The topological polar surface area (TPSA) is 68.7 Å². The maximum Gasteiger partial charge on any atom is 0.415 e. The first-order chi connectivity index (χ1) is 9.73. The number of pyridine rings is 1. The molecule has 1 aromatic heterocycles. The average molecular weight is 294 g/mol. The normalized spacial score (nSPS) is 10.9. The van der Waals surface area contributed by atoms with Crippen molar-refractivity contribution in [3.63, 3.8) is 0 Å². The first-order valence-electron chi connectivity index (χ1n) is 6.81. The van der Waals surface area contributed by atoms with Gasteiger partial charge in [-0.15, -0.1) is 0 Å². The van der Waals surface area contributed by atoms with Gasteiger partial charge in [-0.1, -0.05) is 6.07 Å². The van der Waals surface area contributed by atoms with Gasteiger partial charge in [-0.2, -0.15) is 0 Å². The third kappa shape index (κ3) is 5.81. The van der Waals surface area contributed by atoms with Crippen LogP contribution < -0.4 is 4.90 Å². The van der Waals surface area contributed by atoms with E-state index < -0.39 is 11.7 Å². The molecule has 0 atom stereocenters. The molecule has 116 valence electrons. The van der Waals surface area contributed by atoms with E-state index in [0.717, 1.165) is 0 Å². The van der Waals surface area contributed by atoms with Crippen molar-refractivity contribution in [3.8, 4) is 0 Å². The van der Waals surface area contributed by atoms with Gasteiger partial charge in [0.15, 0.2) is 0 Å². The minimum absolute atomic E-state index is 0.0733. The van der Waals surface area contributed by atoms with Crippen LogP contribution in [0.3, 0.4) is 0 Å². The van der Waals surface area contributed by atoms with Crippen LogP contribution in [0.25, 0.3) is 0 Å². The lowest BCUT2D eigenvalue weighted by atomic mass is 10.2. The fraction of sp³-hybridized carbons (Fsp3) is 0.533. The highest BCUT2D eigenvalue weighted by atomic mass is 16.6. The molecule has 1 rings (SSSR count). The number of rotatable bonds is 4. The van der Waals surface area contributed by atoms with Gasteiger partial charge in [-0.3, -0.25) is 9.69 Å². The Morgan fingerprint density at radius 3 is 2.52 bits per heavy atom. The second-order valence-corrected chi connectivity index (χ2v) is 5.51. The van der Waals surface area contributed by atoms with Gasteiger partial charge in [0.1, 0.15) is 11.4 Å². The number of amides is 1. The second kappa shape index (κ2) is 7.06. The Morgan fingerprint density at radius 1 is 1.29 bits per heavy atom. The van der Waals surface area contributed by atoms with E-state index in [1.807, 2.05) is 0 Å². The summed E-state index contributed by atoms with van der Waals surface area (Å²) in [5.41, 5.74) is -0.0326. The van der Waals surface area contributed by atoms with Crippen molar-refractivity contribution < 1.29 is 19.1 Å². The fourth-order valence-electron chi connectivity index (χ4n) is 1.54. The summed E-state index contributed by atoms with van der Waals surface area (Å²) in [5.74, 6) is 0.0770. The first kappa shape index (κ1) is 16.9. The Bertz CT molecular complexity index is 509. The predicted molar refractivity (Wildman–Crippen MR) is 79.2 cm³/mol. The van der Waals surface area contributed by atoms with Gasteiger partial charge < -0.3 is 9.47 Å². The van der Waals surface area contributed by atoms with E-state index >= 15 is 0 Å². The zero-order valence-electron chi connectivity index (χ0n) is 13.2. The molecule has 0 N–H and O–H groups in total. The Labute approximate surface area is 125 Å². The number of carbonyl (C=O) groups is 2. The van der Waals surface area contributed by atoms with Gasteiger partial charge in [0.2, 0.25) is 0 Å². The van der Waals surface area contributed by atoms with Crippen molar-refractivity contribution in [2.24, 2.45) is 0 Å². The van der Waals surface area contributed by atoms with E-state index in [9.17, 15) is 9.59 Å². The number of aromatic nitrogens is 1. The summed E-state index contributed by atoms with van der Waals surface area (Å²) in [4.78, 5) is 29.0. The van der Waals surface area contributed by atoms with Crippen LogP contribution in [0.1, 0.15) is 33.4 Å². The van der Waals surface area contributed by atoms with E-state index in [4.69, 9.17) is 9.47 Å². The monoisotopic (exact) mass is 294 g/mol. The Hall–Kier alpha value is -2.11. The summed E-state index contributed by atoms with van der Waals surface area (Å²) in [6.45, 7) is 7.46. The molecule has 0 aliphatic carbocycles. The smallest absolute Gasteiger partial charge is 0.415 e. The molecule has 1 amide bonds. The molecule has 21 heavy (non-hydrogen) atoms. The highest BCUT2D eigenvalue weighted by molar-refractivity contribution is 5.86. The fourth-order valence-corrected chi connectivity index (χ4v) is 1.54. The minimum Gasteiger partial charge on any atom is -0.466 e. The highest BCUT2D eigenvalue weighted by Crippen LogP contribution is 2.15. The lowest BCUT2D eigenvalue weighted by Gasteiger charge is -2.24. The van der Waals surface area contributed by atoms with Crippen LogP contribution in [0.5, 0.6) is 0 Å². The molecule has 1 aromatic rings. The van der Waals surface area contributed by atoms with Crippen molar-refractivity contribution in [1.82, 2.24) is 4.98 Å². The first-order valence-corrected chi connectivity index (χ1v) is 6.81. The molecule has 1 heterocycles. The molecule has 0 fully saturated rings. The van der Waals surface area contributed by atoms with Gasteiger partial charge in [-0.05, 0) is 39.8 Å². The molecule has 6 heteroatoms. The lowest BCUT2D eigenvalue weighted by molar-refractivity contribution is -0.142. The van der Waals surface area contributed by atoms with E-state index in [1.54, 1.807) is 52.9 Å². The maximum absolute atomic E-state index is 12.0. The zero-order valence-corrected chi connectivity index (χ0v) is 13.2. The third-order valence-electron chi connectivity index (χ3n) is 2.43. The molecule has 0 bridgehead atoms. The van der Waals surface area contributed by atoms with Gasteiger partial charge in [0.05, 0.1) is 18.7 Å². The quantitative estimate of drug-likeness (QED) is 0.798. The van der Waals surface area contributed by atoms with E-state index in [-0.39, 0.29) is 12.4 Å². The molecule has 0 saturated heterocycles. The van der Waals surface area contributed by atoms with Crippen LogP contribution in [0.2, 0.25) is 0 Å². The summed E-state index contributed by atoms with van der Waals surface area (Å²) >= 11 is 0. The summed E-state index contributed by atoms with van der Waals surface area (Å²) < 4.78 is 10.1. The van der Waals surface area contributed by atoms with E-state index in [0.29, 0.717) is 18.1 Å². The van der Waals surface area contributed by atoms with Crippen molar-refractivity contribution >= 4 is 17.9 Å². The molecule has 0 saturated carbocycles. The second-order valence-electron chi connectivity index (χ2n) is 5.51. The summed E-state index contributed by atoms with van der Waals surface area (Å²) in [6, 6.07) is 5.12. The molecule has 0 aliphatic rings. The maximum atomic E-state index is 12.0. The van der Waals surface area contributed by atoms with Gasteiger partial charge in [0, 0.05) is 7.05 Å². The zero-order chi connectivity index (χ0) is 16.0. The van der Waals surface area contributed by atoms with Gasteiger partial charge in [-0.25, -0.2) is 9.78 Å². The lowest BCUT2D eigenvalue weighted by Crippen LogP contribution is -2.34. The Kier molecular flexibility index (Phi) is 5.69. The molecule has 0 aliphatic heterocycles. The van der Waals surface area contributed by atoms with E-state index in [1.165, 1.54) is 4.90 Å². The highest BCUT2D eigenvalue weighted by Gasteiger charge is 2.21. The Morgan fingerprint density at radius 2 is 1.95 bits per heavy atom. The van der Waals surface area contributed by atoms with Crippen LogP contribution in [-0.4, -0.2) is 36.3 Å². The molecule has 0 aromatic carbocycles. The molecular formula is C15H22N2O4. The standard InChI is InChI=1S/C15H22N2O4/c1-6-20-13(18)10-11-8-7-9-12(16-11)17(5)14(19)21-15(2,3)4/h7-9H,6,10H2,1-5H3. The molecule has 6 nitrogen and oxygen atoms in total. The predicted octanol–water partition coefficient (Wildman–Crippen LogP) is 2.56. The molecule has 0 spiro atoms. The van der Waals surface area contributed by atoms with Gasteiger partial charge >= 0.3 is 12.1 Å². The molecular weight excluding hydrogens is 272 g/mol. The van der Waals surface area contributed by atoms with Crippen molar-refractivity contribution in [2.45, 2.75) is 39.7 Å². The summed E-state index contributed by atoms with van der Waals surface area (Å²) in [5, 5.41) is 0. The van der Waals surface area contributed by atoms with Crippen molar-refractivity contribution in [2.75, 3.05) is 18.6 Å². The van der Waals surface area contributed by atoms with Crippen LogP contribution in [0.15, 0.2) is 18.2 Å². The number of anilines is 1. The van der Waals surface area contributed by atoms with E-state index in [2.05, 4.69) is 4.98 Å². The number of carbonyl (C=O) groups excluding carboxylic acids is 2. The van der Waals surface area contributed by atoms with Crippen molar-refractivity contribution in [3.05, 3.63) is 23.9 Å². The average Bonchev–Trinajstić information content (AvgIpc) is 2.36. The summed E-state index contributed by atoms with van der Waals surface area (Å²) in [7, 11) is 1.57. The molecule has 0 radical (unpaired) electrons. The van der Waals surface area contributed by atoms with Crippen molar-refractivity contribution in [1.29, 1.82) is 0 Å². The largest absolute Gasteiger partial charge is 0.466 e.